The van der Waals surface area contributed by atoms with Crippen LogP contribution in [-0.4, -0.2) is 25.2 Å². The molecule has 2 aromatic carbocycles. The summed E-state index contributed by atoms with van der Waals surface area (Å²) in [5.74, 6) is 1.29. The van der Waals surface area contributed by atoms with E-state index in [-0.39, 0.29) is 12.0 Å². The van der Waals surface area contributed by atoms with Gasteiger partial charge in [-0.2, -0.15) is 0 Å². The van der Waals surface area contributed by atoms with Gasteiger partial charge >= 0.3 is 0 Å². The number of hydrogen-bond donors (Lipinski definition) is 1. The number of hydrogen-bond acceptors (Lipinski definition) is 3. The van der Waals surface area contributed by atoms with Gasteiger partial charge in [0.15, 0.2) is 11.5 Å². The van der Waals surface area contributed by atoms with Crippen LogP contribution in [0.5, 0.6) is 11.5 Å². The Morgan fingerprint density at radius 3 is 2.74 bits per heavy atom. The lowest BCUT2D eigenvalue weighted by Crippen LogP contribution is -2.40. The molecule has 1 N–H and O–H groups in total. The number of amides is 1. The van der Waals surface area contributed by atoms with Crippen molar-refractivity contribution in [3.05, 3.63) is 64.6 Å². The zero-order valence-corrected chi connectivity index (χ0v) is 14.0. The Balaban J connectivity index is 1.51. The van der Waals surface area contributed by atoms with E-state index in [4.69, 9.17) is 9.47 Å². The molecule has 1 heterocycles. The van der Waals surface area contributed by atoms with E-state index in [1.54, 1.807) is 6.08 Å². The number of carbonyl (C=O) groups excluding carboxylic acids is 1. The molecule has 23 heavy (non-hydrogen) atoms. The zero-order valence-electron chi connectivity index (χ0n) is 12.4. The summed E-state index contributed by atoms with van der Waals surface area (Å²) in [6.07, 6.45) is 3.09. The molecule has 118 valence electrons. The summed E-state index contributed by atoms with van der Waals surface area (Å²) < 4.78 is 12.4. The molecule has 0 bridgehead atoms. The molecule has 1 unspecified atom stereocenters. The molecule has 0 aromatic heterocycles. The minimum atomic E-state index is -0.189. The normalized spacial score (nSPS) is 16.3. The number of halogens is 1. The van der Waals surface area contributed by atoms with Crippen molar-refractivity contribution in [1.82, 2.24) is 5.32 Å². The highest BCUT2D eigenvalue weighted by atomic mass is 79.9. The Labute approximate surface area is 143 Å². The molecule has 0 saturated heterocycles. The standard InChI is InChI=1S/C18H16BrNO3/c19-15-6-2-1-5-13(15)9-10-18(21)20-11-14-12-22-16-7-3-4-8-17(16)23-14/h1-10,14H,11-12H2,(H,20,21)/b10-9+. The van der Waals surface area contributed by atoms with Crippen LogP contribution in [0.25, 0.3) is 6.08 Å². The molecule has 2 aromatic rings. The van der Waals surface area contributed by atoms with Crippen LogP contribution in [0, 0.1) is 0 Å². The second kappa shape index (κ2) is 7.33. The molecule has 0 saturated carbocycles. The highest BCUT2D eigenvalue weighted by Gasteiger charge is 2.20. The number of para-hydroxylation sites is 2. The van der Waals surface area contributed by atoms with Crippen LogP contribution < -0.4 is 14.8 Å². The predicted molar refractivity (Wildman–Crippen MR) is 92.5 cm³/mol. The van der Waals surface area contributed by atoms with Gasteiger partial charge in [-0.05, 0) is 29.8 Å². The molecule has 5 heteroatoms. The summed E-state index contributed by atoms with van der Waals surface area (Å²) in [5.41, 5.74) is 0.953. The number of ether oxygens (including phenoxy) is 2. The van der Waals surface area contributed by atoms with Gasteiger partial charge in [0.2, 0.25) is 5.91 Å². The quantitative estimate of drug-likeness (QED) is 0.835. The van der Waals surface area contributed by atoms with Crippen molar-refractivity contribution in [3.8, 4) is 11.5 Å². The molecule has 1 aliphatic rings. The second-order valence-electron chi connectivity index (χ2n) is 5.10. The first-order valence-electron chi connectivity index (χ1n) is 7.31. The van der Waals surface area contributed by atoms with Gasteiger partial charge in [0, 0.05) is 10.5 Å². The minimum absolute atomic E-state index is 0.164. The van der Waals surface area contributed by atoms with Gasteiger partial charge in [0.25, 0.3) is 0 Å². The van der Waals surface area contributed by atoms with Crippen molar-refractivity contribution in [3.63, 3.8) is 0 Å². The van der Waals surface area contributed by atoms with E-state index in [9.17, 15) is 4.79 Å². The summed E-state index contributed by atoms with van der Waals surface area (Å²) in [6.45, 7) is 0.818. The molecule has 0 fully saturated rings. The van der Waals surface area contributed by atoms with Crippen molar-refractivity contribution < 1.29 is 14.3 Å². The van der Waals surface area contributed by atoms with Gasteiger partial charge in [-0.25, -0.2) is 0 Å². The molecule has 0 aliphatic carbocycles. The number of rotatable bonds is 4. The second-order valence-corrected chi connectivity index (χ2v) is 5.95. The molecular weight excluding hydrogens is 358 g/mol. The minimum Gasteiger partial charge on any atom is -0.486 e. The maximum atomic E-state index is 11.9. The third kappa shape index (κ3) is 4.13. The Hall–Kier alpha value is -2.27. The van der Waals surface area contributed by atoms with Crippen molar-refractivity contribution in [2.24, 2.45) is 0 Å². The first kappa shape index (κ1) is 15.6. The zero-order chi connectivity index (χ0) is 16.1. The van der Waals surface area contributed by atoms with Gasteiger partial charge < -0.3 is 14.8 Å². The van der Waals surface area contributed by atoms with Crippen LogP contribution in [0.15, 0.2) is 59.1 Å². The summed E-state index contributed by atoms with van der Waals surface area (Å²) >= 11 is 3.44. The topological polar surface area (TPSA) is 47.6 Å². The highest BCUT2D eigenvalue weighted by Crippen LogP contribution is 2.30. The monoisotopic (exact) mass is 373 g/mol. The molecule has 0 radical (unpaired) electrons. The number of fused-ring (bicyclic) bond motifs is 1. The maximum Gasteiger partial charge on any atom is 0.244 e. The Morgan fingerprint density at radius 1 is 1.17 bits per heavy atom. The van der Waals surface area contributed by atoms with Gasteiger partial charge in [0.1, 0.15) is 12.7 Å². The maximum absolute atomic E-state index is 11.9. The van der Waals surface area contributed by atoms with Crippen molar-refractivity contribution in [2.45, 2.75) is 6.10 Å². The molecule has 1 atom stereocenters. The molecule has 1 aliphatic heterocycles. The van der Waals surface area contributed by atoms with Crippen LogP contribution >= 0.6 is 15.9 Å². The van der Waals surface area contributed by atoms with E-state index in [1.165, 1.54) is 6.08 Å². The van der Waals surface area contributed by atoms with E-state index in [1.807, 2.05) is 48.5 Å². The van der Waals surface area contributed by atoms with Gasteiger partial charge in [-0.1, -0.05) is 46.3 Å². The smallest absolute Gasteiger partial charge is 0.244 e. The fourth-order valence-corrected chi connectivity index (χ4v) is 2.63. The molecule has 0 spiro atoms. The average Bonchev–Trinajstić information content (AvgIpc) is 2.59. The van der Waals surface area contributed by atoms with Crippen LogP contribution in [-0.2, 0) is 4.79 Å². The third-order valence-corrected chi connectivity index (χ3v) is 4.11. The molecular formula is C18H16BrNO3. The third-order valence-electron chi connectivity index (χ3n) is 3.39. The average molecular weight is 374 g/mol. The van der Waals surface area contributed by atoms with Crippen LogP contribution in [0.4, 0.5) is 0 Å². The Kier molecular flexibility index (Phi) is 4.98. The largest absolute Gasteiger partial charge is 0.486 e. The highest BCUT2D eigenvalue weighted by molar-refractivity contribution is 9.10. The predicted octanol–water partition coefficient (Wildman–Crippen LogP) is 3.42. The van der Waals surface area contributed by atoms with Crippen LogP contribution in [0.2, 0.25) is 0 Å². The Bertz CT molecular complexity index is 730. The Morgan fingerprint density at radius 2 is 1.91 bits per heavy atom. The SMILES string of the molecule is O=C(/C=C/c1ccccc1Br)NCC1COc2ccccc2O1. The molecule has 1 amide bonds. The molecule has 3 rings (SSSR count). The lowest BCUT2D eigenvalue weighted by Gasteiger charge is -2.26. The van der Waals surface area contributed by atoms with Crippen LogP contribution in [0.1, 0.15) is 5.56 Å². The number of nitrogens with one attached hydrogen (secondary N) is 1. The summed E-state index contributed by atoms with van der Waals surface area (Å²) in [6, 6.07) is 15.2. The van der Waals surface area contributed by atoms with E-state index < -0.39 is 0 Å². The van der Waals surface area contributed by atoms with E-state index in [0.717, 1.165) is 15.8 Å². The van der Waals surface area contributed by atoms with Gasteiger partial charge in [-0.15, -0.1) is 0 Å². The van der Waals surface area contributed by atoms with E-state index in [2.05, 4.69) is 21.2 Å². The van der Waals surface area contributed by atoms with Crippen molar-refractivity contribution in [1.29, 1.82) is 0 Å². The van der Waals surface area contributed by atoms with E-state index in [0.29, 0.717) is 18.9 Å². The van der Waals surface area contributed by atoms with Crippen molar-refractivity contribution in [2.75, 3.05) is 13.2 Å². The fourth-order valence-electron chi connectivity index (χ4n) is 2.21. The number of carbonyl (C=O) groups is 1. The number of benzene rings is 2. The lowest BCUT2D eigenvalue weighted by atomic mass is 10.2. The van der Waals surface area contributed by atoms with E-state index >= 15 is 0 Å². The first-order valence-corrected chi connectivity index (χ1v) is 8.10. The van der Waals surface area contributed by atoms with Crippen molar-refractivity contribution >= 4 is 27.9 Å². The van der Waals surface area contributed by atoms with Crippen LogP contribution in [0.3, 0.4) is 0 Å². The van der Waals surface area contributed by atoms with Gasteiger partial charge in [0.05, 0.1) is 6.54 Å². The fraction of sp³-hybridized carbons (Fsp3) is 0.167. The summed E-state index contributed by atoms with van der Waals surface area (Å²) in [5, 5.41) is 2.83. The summed E-state index contributed by atoms with van der Waals surface area (Å²) in [7, 11) is 0. The van der Waals surface area contributed by atoms with Gasteiger partial charge in [-0.3, -0.25) is 4.79 Å². The first-order chi connectivity index (χ1) is 11.2. The lowest BCUT2D eigenvalue weighted by molar-refractivity contribution is -0.116. The summed E-state index contributed by atoms with van der Waals surface area (Å²) in [4.78, 5) is 11.9. The molecule has 4 nitrogen and oxygen atoms in total.